The molecule has 0 aliphatic heterocycles. The summed E-state index contributed by atoms with van der Waals surface area (Å²) < 4.78 is 5.88. The van der Waals surface area contributed by atoms with Crippen LogP contribution in [-0.4, -0.2) is 18.6 Å². The van der Waals surface area contributed by atoms with Crippen molar-refractivity contribution in [2.24, 2.45) is 17.6 Å². The molecule has 0 heterocycles. The van der Waals surface area contributed by atoms with E-state index < -0.39 is 0 Å². The van der Waals surface area contributed by atoms with Crippen molar-refractivity contribution in [3.8, 4) is 5.75 Å². The van der Waals surface area contributed by atoms with Gasteiger partial charge in [0.1, 0.15) is 5.75 Å². The third kappa shape index (κ3) is 5.40. The van der Waals surface area contributed by atoms with Gasteiger partial charge in [-0.3, -0.25) is 4.79 Å². The first-order valence-electron chi connectivity index (χ1n) is 8.46. The Morgan fingerprint density at radius 1 is 1.22 bits per heavy atom. The molecule has 0 spiro atoms. The molecule has 128 valence electrons. The number of hydrogen-bond donors (Lipinski definition) is 2. The standard InChI is InChI=1S/C18H26N2O2.ClH/c19-16-6-3-5-14(10-16)18(21)20-11-15-4-1-2-7-17(15)22-12-13-8-9-13;/h1-2,4,7,13-14,16H,3,5-6,8-12,19H2,(H,20,21);1H. The van der Waals surface area contributed by atoms with Gasteiger partial charge in [0, 0.05) is 24.1 Å². The molecular weight excluding hydrogens is 312 g/mol. The van der Waals surface area contributed by atoms with Gasteiger partial charge >= 0.3 is 0 Å². The topological polar surface area (TPSA) is 64.4 Å². The molecule has 2 fully saturated rings. The highest BCUT2D eigenvalue weighted by Crippen LogP contribution is 2.30. The van der Waals surface area contributed by atoms with Crippen LogP contribution >= 0.6 is 12.4 Å². The van der Waals surface area contributed by atoms with E-state index in [0.717, 1.165) is 49.5 Å². The maximum atomic E-state index is 12.3. The molecule has 23 heavy (non-hydrogen) atoms. The molecule has 2 saturated carbocycles. The minimum Gasteiger partial charge on any atom is -0.493 e. The molecule has 3 rings (SSSR count). The summed E-state index contributed by atoms with van der Waals surface area (Å²) in [6.45, 7) is 1.33. The third-order valence-electron chi connectivity index (χ3n) is 4.68. The Labute approximate surface area is 144 Å². The molecule has 0 saturated heterocycles. The van der Waals surface area contributed by atoms with Crippen LogP contribution in [0.3, 0.4) is 0 Å². The Balaban J connectivity index is 0.00000192. The van der Waals surface area contributed by atoms with Gasteiger partial charge < -0.3 is 15.8 Å². The number of benzene rings is 1. The van der Waals surface area contributed by atoms with Crippen LogP contribution in [0.15, 0.2) is 24.3 Å². The average Bonchev–Trinajstić information content (AvgIpc) is 3.35. The van der Waals surface area contributed by atoms with E-state index >= 15 is 0 Å². The summed E-state index contributed by atoms with van der Waals surface area (Å²) in [6, 6.07) is 8.16. The fraction of sp³-hybridized carbons (Fsp3) is 0.611. The number of halogens is 1. The molecule has 5 heteroatoms. The summed E-state index contributed by atoms with van der Waals surface area (Å²) in [6.07, 6.45) is 6.43. The molecule has 0 radical (unpaired) electrons. The van der Waals surface area contributed by atoms with Gasteiger partial charge in [0.25, 0.3) is 0 Å². The van der Waals surface area contributed by atoms with Crippen LogP contribution in [0.1, 0.15) is 44.1 Å². The summed E-state index contributed by atoms with van der Waals surface area (Å²) >= 11 is 0. The van der Waals surface area contributed by atoms with Gasteiger partial charge in [-0.2, -0.15) is 0 Å². The van der Waals surface area contributed by atoms with Gasteiger partial charge in [-0.1, -0.05) is 24.6 Å². The first-order chi connectivity index (χ1) is 10.7. The number of nitrogens with one attached hydrogen (secondary N) is 1. The van der Waals surface area contributed by atoms with Gasteiger partial charge in [0.15, 0.2) is 0 Å². The Bertz CT molecular complexity index is 519. The van der Waals surface area contributed by atoms with Crippen LogP contribution < -0.4 is 15.8 Å². The van der Waals surface area contributed by atoms with E-state index in [9.17, 15) is 4.79 Å². The van der Waals surface area contributed by atoms with Crippen LogP contribution in [-0.2, 0) is 11.3 Å². The highest BCUT2D eigenvalue weighted by atomic mass is 35.5. The molecule has 4 nitrogen and oxygen atoms in total. The van der Waals surface area contributed by atoms with E-state index in [2.05, 4.69) is 5.32 Å². The first-order valence-corrected chi connectivity index (χ1v) is 8.46. The summed E-state index contributed by atoms with van der Waals surface area (Å²) in [7, 11) is 0. The van der Waals surface area contributed by atoms with Crippen LogP contribution in [0.4, 0.5) is 0 Å². The fourth-order valence-corrected chi connectivity index (χ4v) is 3.08. The molecule has 1 aromatic rings. The fourth-order valence-electron chi connectivity index (χ4n) is 3.08. The van der Waals surface area contributed by atoms with Crippen molar-refractivity contribution < 1.29 is 9.53 Å². The zero-order valence-electron chi connectivity index (χ0n) is 13.5. The van der Waals surface area contributed by atoms with Crippen LogP contribution in [0, 0.1) is 11.8 Å². The predicted molar refractivity (Wildman–Crippen MR) is 93.7 cm³/mol. The van der Waals surface area contributed by atoms with Crippen molar-refractivity contribution in [2.45, 2.75) is 51.1 Å². The Hall–Kier alpha value is -1.26. The smallest absolute Gasteiger partial charge is 0.223 e. The van der Waals surface area contributed by atoms with E-state index in [1.54, 1.807) is 0 Å². The summed E-state index contributed by atoms with van der Waals surface area (Å²) in [5, 5.41) is 3.06. The molecule has 3 N–H and O–H groups in total. The van der Waals surface area contributed by atoms with Gasteiger partial charge in [-0.25, -0.2) is 0 Å². The molecule has 1 amide bonds. The molecule has 1 aromatic carbocycles. The second-order valence-electron chi connectivity index (χ2n) is 6.70. The number of carbonyl (C=O) groups excluding carboxylic acids is 1. The van der Waals surface area contributed by atoms with Crippen molar-refractivity contribution in [1.82, 2.24) is 5.32 Å². The van der Waals surface area contributed by atoms with E-state index in [-0.39, 0.29) is 30.3 Å². The van der Waals surface area contributed by atoms with Crippen LogP contribution in [0.5, 0.6) is 5.75 Å². The molecule has 2 atom stereocenters. The van der Waals surface area contributed by atoms with Crippen molar-refractivity contribution in [2.75, 3.05) is 6.61 Å². The van der Waals surface area contributed by atoms with Gasteiger partial charge in [0.2, 0.25) is 5.91 Å². The lowest BCUT2D eigenvalue weighted by molar-refractivity contribution is -0.126. The lowest BCUT2D eigenvalue weighted by Gasteiger charge is -2.25. The van der Waals surface area contributed by atoms with E-state index in [1.807, 2.05) is 24.3 Å². The van der Waals surface area contributed by atoms with E-state index in [1.165, 1.54) is 12.8 Å². The highest BCUT2D eigenvalue weighted by Gasteiger charge is 2.25. The number of ether oxygens (including phenoxy) is 1. The lowest BCUT2D eigenvalue weighted by atomic mass is 9.85. The SMILES string of the molecule is Cl.NC1CCCC(C(=O)NCc2ccccc2OCC2CC2)C1. The Morgan fingerprint density at radius 3 is 2.74 bits per heavy atom. The predicted octanol–water partition coefficient (Wildman–Crippen LogP) is 3.03. The molecule has 2 aliphatic carbocycles. The minimum atomic E-state index is 0. The number of para-hydroxylation sites is 1. The molecule has 2 aliphatic rings. The lowest BCUT2D eigenvalue weighted by Crippen LogP contribution is -2.37. The maximum absolute atomic E-state index is 12.3. The van der Waals surface area contributed by atoms with Crippen LogP contribution in [0.2, 0.25) is 0 Å². The van der Waals surface area contributed by atoms with Crippen molar-refractivity contribution in [1.29, 1.82) is 0 Å². The second-order valence-corrected chi connectivity index (χ2v) is 6.70. The average molecular weight is 339 g/mol. The quantitative estimate of drug-likeness (QED) is 0.838. The number of rotatable bonds is 6. The maximum Gasteiger partial charge on any atom is 0.223 e. The van der Waals surface area contributed by atoms with E-state index in [0.29, 0.717) is 6.54 Å². The monoisotopic (exact) mass is 338 g/mol. The number of amides is 1. The number of hydrogen-bond acceptors (Lipinski definition) is 3. The van der Waals surface area contributed by atoms with Crippen molar-refractivity contribution in [3.05, 3.63) is 29.8 Å². The van der Waals surface area contributed by atoms with Gasteiger partial charge in [0.05, 0.1) is 6.61 Å². The zero-order valence-corrected chi connectivity index (χ0v) is 14.3. The van der Waals surface area contributed by atoms with Gasteiger partial charge in [-0.05, 0) is 44.1 Å². The summed E-state index contributed by atoms with van der Waals surface area (Å²) in [4.78, 5) is 12.3. The normalized spacial score (nSPS) is 23.7. The third-order valence-corrected chi connectivity index (χ3v) is 4.68. The highest BCUT2D eigenvalue weighted by molar-refractivity contribution is 5.85. The Kier molecular flexibility index (Phi) is 6.72. The minimum absolute atomic E-state index is 0. The summed E-state index contributed by atoms with van der Waals surface area (Å²) in [5.41, 5.74) is 7.02. The largest absolute Gasteiger partial charge is 0.493 e. The molecule has 2 unspecified atom stereocenters. The molecular formula is C18H27ClN2O2. The number of carbonyl (C=O) groups is 1. The number of nitrogens with two attached hydrogens (primary N) is 1. The first kappa shape index (κ1) is 18.1. The van der Waals surface area contributed by atoms with E-state index in [4.69, 9.17) is 10.5 Å². The Morgan fingerprint density at radius 2 is 2.00 bits per heavy atom. The van der Waals surface area contributed by atoms with Crippen molar-refractivity contribution >= 4 is 18.3 Å². The van der Waals surface area contributed by atoms with Crippen LogP contribution in [0.25, 0.3) is 0 Å². The molecule has 0 bridgehead atoms. The summed E-state index contributed by atoms with van der Waals surface area (Å²) in [5.74, 6) is 1.83. The zero-order chi connectivity index (χ0) is 15.4. The van der Waals surface area contributed by atoms with Crippen molar-refractivity contribution in [3.63, 3.8) is 0 Å². The molecule has 0 aromatic heterocycles. The van der Waals surface area contributed by atoms with Gasteiger partial charge in [-0.15, -0.1) is 12.4 Å². The second kappa shape index (κ2) is 8.55.